The van der Waals surface area contributed by atoms with Gasteiger partial charge in [-0.2, -0.15) is 0 Å². The van der Waals surface area contributed by atoms with E-state index in [1.54, 1.807) is 6.08 Å². The number of hydrogen-bond acceptors (Lipinski definition) is 5. The summed E-state index contributed by atoms with van der Waals surface area (Å²) in [6.45, 7) is 6.21. The summed E-state index contributed by atoms with van der Waals surface area (Å²) in [6.07, 6.45) is 1.72. The van der Waals surface area contributed by atoms with Crippen LogP contribution in [0, 0.1) is 13.8 Å². The number of methoxy groups -OCH3 is 1. The molecule has 2 amide bonds. The van der Waals surface area contributed by atoms with Crippen LogP contribution in [0.1, 0.15) is 29.4 Å². The molecule has 0 spiro atoms. The topological polar surface area (TPSA) is 68.6 Å². The summed E-state index contributed by atoms with van der Waals surface area (Å²) in [5, 5.41) is -0.466. The van der Waals surface area contributed by atoms with E-state index in [4.69, 9.17) is 0 Å². The fourth-order valence-corrected chi connectivity index (χ4v) is 4.11. The van der Waals surface area contributed by atoms with Crippen molar-refractivity contribution < 1.29 is 19.1 Å². The zero-order valence-corrected chi connectivity index (χ0v) is 17.1. The number of esters is 1. The van der Waals surface area contributed by atoms with Crippen LogP contribution in [0.3, 0.4) is 0 Å². The van der Waals surface area contributed by atoms with Crippen LogP contribution < -0.4 is 0 Å². The Morgan fingerprint density at radius 2 is 1.89 bits per heavy atom. The number of benzene rings is 1. The second kappa shape index (κ2) is 8.06. The van der Waals surface area contributed by atoms with Gasteiger partial charge < -0.3 is 9.30 Å². The monoisotopic (exact) mass is 398 g/mol. The first-order chi connectivity index (χ1) is 13.3. The Bertz CT molecular complexity index is 962. The number of aromatic nitrogens is 1. The van der Waals surface area contributed by atoms with Gasteiger partial charge in [-0.1, -0.05) is 30.3 Å². The maximum atomic E-state index is 12.7. The molecular weight excluding hydrogens is 376 g/mol. The maximum absolute atomic E-state index is 12.7. The zero-order chi connectivity index (χ0) is 20.4. The molecule has 0 aliphatic carbocycles. The fourth-order valence-electron chi connectivity index (χ4n) is 3.21. The molecule has 0 N–H and O–H groups in total. The third-order valence-electron chi connectivity index (χ3n) is 4.84. The van der Waals surface area contributed by atoms with E-state index >= 15 is 0 Å². The molecule has 2 heterocycles. The van der Waals surface area contributed by atoms with Gasteiger partial charge >= 0.3 is 5.97 Å². The van der Waals surface area contributed by atoms with E-state index in [2.05, 4.69) is 21.4 Å². The van der Waals surface area contributed by atoms with E-state index in [0.29, 0.717) is 4.91 Å². The van der Waals surface area contributed by atoms with Crippen molar-refractivity contribution in [3.8, 4) is 0 Å². The summed E-state index contributed by atoms with van der Waals surface area (Å²) in [6, 6.07) is 11.2. The predicted molar refractivity (Wildman–Crippen MR) is 109 cm³/mol. The largest absolute Gasteiger partial charge is 0.467 e. The Labute approximate surface area is 168 Å². The number of ether oxygens (including phenoxy) is 1. The molecule has 1 aliphatic rings. The van der Waals surface area contributed by atoms with Crippen LogP contribution in [0.2, 0.25) is 0 Å². The molecule has 3 rings (SSSR count). The highest BCUT2D eigenvalue weighted by Crippen LogP contribution is 2.34. The summed E-state index contributed by atoms with van der Waals surface area (Å²) in [5.74, 6) is -1.09. The molecule has 6 nitrogen and oxygen atoms in total. The molecule has 1 aliphatic heterocycles. The van der Waals surface area contributed by atoms with Crippen molar-refractivity contribution in [3.63, 3.8) is 0 Å². The highest BCUT2D eigenvalue weighted by Gasteiger charge is 2.41. The summed E-state index contributed by atoms with van der Waals surface area (Å²) in [5.41, 5.74) is 4.14. The highest BCUT2D eigenvalue weighted by atomic mass is 32.2. The first-order valence-electron chi connectivity index (χ1n) is 8.89. The fraction of sp³-hybridized carbons (Fsp3) is 0.286. The van der Waals surface area contributed by atoms with Crippen molar-refractivity contribution >= 4 is 35.0 Å². The van der Waals surface area contributed by atoms with Gasteiger partial charge in [-0.15, -0.1) is 0 Å². The van der Waals surface area contributed by atoms with Gasteiger partial charge in [0.1, 0.15) is 6.04 Å². The number of aryl methyl sites for hydroxylation is 1. The van der Waals surface area contributed by atoms with Crippen molar-refractivity contribution in [2.24, 2.45) is 0 Å². The normalized spacial score (nSPS) is 16.7. The van der Waals surface area contributed by atoms with E-state index in [0.717, 1.165) is 40.2 Å². The summed E-state index contributed by atoms with van der Waals surface area (Å²) in [7, 11) is 1.23. The number of thioether (sulfide) groups is 1. The van der Waals surface area contributed by atoms with Gasteiger partial charge in [-0.25, -0.2) is 4.79 Å². The lowest BCUT2D eigenvalue weighted by Crippen LogP contribution is -2.42. The third kappa shape index (κ3) is 3.75. The average molecular weight is 398 g/mol. The number of rotatable bonds is 5. The molecule has 1 atom stereocenters. The second-order valence-electron chi connectivity index (χ2n) is 6.65. The first-order valence-corrected chi connectivity index (χ1v) is 9.70. The van der Waals surface area contributed by atoms with Crippen LogP contribution >= 0.6 is 11.8 Å². The molecule has 0 saturated carbocycles. The molecule has 0 unspecified atom stereocenters. The molecule has 146 valence electrons. The van der Waals surface area contributed by atoms with Crippen LogP contribution in [-0.4, -0.2) is 39.7 Å². The molecule has 28 heavy (non-hydrogen) atoms. The summed E-state index contributed by atoms with van der Waals surface area (Å²) >= 11 is 0.842. The van der Waals surface area contributed by atoms with Crippen molar-refractivity contribution in [2.45, 2.75) is 33.4 Å². The first kappa shape index (κ1) is 19.9. The second-order valence-corrected chi connectivity index (χ2v) is 7.64. The molecule has 0 bridgehead atoms. The lowest BCUT2D eigenvalue weighted by molar-refractivity contribution is -0.148. The van der Waals surface area contributed by atoms with Gasteiger partial charge in [0.2, 0.25) is 0 Å². The van der Waals surface area contributed by atoms with Gasteiger partial charge in [0, 0.05) is 17.9 Å². The summed E-state index contributed by atoms with van der Waals surface area (Å²) < 4.78 is 6.82. The van der Waals surface area contributed by atoms with E-state index in [1.807, 2.05) is 38.1 Å². The molecular formula is C21H22N2O4S. The number of carbonyl (C=O) groups is 3. The van der Waals surface area contributed by atoms with Crippen molar-refractivity contribution in [1.29, 1.82) is 0 Å². The van der Waals surface area contributed by atoms with Gasteiger partial charge in [-0.05, 0) is 55.8 Å². The van der Waals surface area contributed by atoms with Gasteiger partial charge in [-0.3, -0.25) is 14.5 Å². The smallest absolute Gasteiger partial charge is 0.328 e. The molecule has 1 aromatic carbocycles. The van der Waals surface area contributed by atoms with Gasteiger partial charge in [0.05, 0.1) is 12.0 Å². The zero-order valence-electron chi connectivity index (χ0n) is 16.3. The molecule has 1 aromatic heterocycles. The standard InChI is InChI=1S/C21H22N2O4S/c1-13-10-17(14(2)22(13)12-16-8-6-5-7-9-16)11-18-19(24)23(21(26)28-18)15(3)20(25)27-4/h5-11,15H,12H2,1-4H3/b18-11-/t15-/m1/s1. The number of carbonyl (C=O) groups excluding carboxylic acids is 3. The Hall–Kier alpha value is -2.80. The molecule has 0 radical (unpaired) electrons. The van der Waals surface area contributed by atoms with Crippen LogP contribution in [0.15, 0.2) is 41.3 Å². The van der Waals surface area contributed by atoms with Crippen LogP contribution in [0.5, 0.6) is 0 Å². The van der Waals surface area contributed by atoms with Gasteiger partial charge in [0.25, 0.3) is 11.1 Å². The van der Waals surface area contributed by atoms with Gasteiger partial charge in [0.15, 0.2) is 0 Å². The Morgan fingerprint density at radius 3 is 2.54 bits per heavy atom. The number of nitrogens with zero attached hydrogens (tertiary/aromatic N) is 2. The van der Waals surface area contributed by atoms with E-state index in [-0.39, 0.29) is 0 Å². The minimum absolute atomic E-state index is 0.306. The van der Waals surface area contributed by atoms with Crippen molar-refractivity contribution in [1.82, 2.24) is 9.47 Å². The lowest BCUT2D eigenvalue weighted by atomic mass is 10.2. The quantitative estimate of drug-likeness (QED) is 0.567. The lowest BCUT2D eigenvalue weighted by Gasteiger charge is -2.18. The van der Waals surface area contributed by atoms with Crippen LogP contribution in [-0.2, 0) is 20.9 Å². The molecule has 1 fully saturated rings. The van der Waals surface area contributed by atoms with E-state index in [1.165, 1.54) is 19.6 Å². The molecule has 1 saturated heterocycles. The van der Waals surface area contributed by atoms with E-state index < -0.39 is 23.2 Å². The maximum Gasteiger partial charge on any atom is 0.328 e. The Morgan fingerprint density at radius 1 is 1.21 bits per heavy atom. The summed E-state index contributed by atoms with van der Waals surface area (Å²) in [4.78, 5) is 37.9. The highest BCUT2D eigenvalue weighted by molar-refractivity contribution is 8.18. The third-order valence-corrected chi connectivity index (χ3v) is 5.72. The Kier molecular flexibility index (Phi) is 5.74. The molecule has 7 heteroatoms. The number of hydrogen-bond donors (Lipinski definition) is 0. The SMILES string of the molecule is COC(=O)[C@@H](C)N1C(=O)S/C(=C\c2cc(C)n(Cc3ccccc3)c2C)C1=O. The number of imide groups is 1. The average Bonchev–Trinajstić information content (AvgIpc) is 3.11. The van der Waals surface area contributed by atoms with Crippen LogP contribution in [0.25, 0.3) is 6.08 Å². The van der Waals surface area contributed by atoms with Crippen LogP contribution in [0.4, 0.5) is 4.79 Å². The Balaban J connectivity index is 1.88. The predicted octanol–water partition coefficient (Wildman–Crippen LogP) is 3.75. The molecule has 2 aromatic rings. The van der Waals surface area contributed by atoms with Crippen molar-refractivity contribution in [2.75, 3.05) is 7.11 Å². The minimum Gasteiger partial charge on any atom is -0.467 e. The number of amides is 2. The van der Waals surface area contributed by atoms with E-state index in [9.17, 15) is 14.4 Å². The van der Waals surface area contributed by atoms with Crippen molar-refractivity contribution in [3.05, 3.63) is 63.8 Å². The minimum atomic E-state index is -0.950.